The summed E-state index contributed by atoms with van der Waals surface area (Å²) >= 11 is 5.99. The fraction of sp³-hybridized carbons (Fsp3) is 0.188. The first-order valence-corrected chi connectivity index (χ1v) is 6.79. The van der Waals surface area contributed by atoms with E-state index in [1.165, 1.54) is 7.11 Å². The van der Waals surface area contributed by atoms with Crippen LogP contribution >= 0.6 is 11.6 Å². The van der Waals surface area contributed by atoms with Gasteiger partial charge < -0.3 is 14.8 Å². The van der Waals surface area contributed by atoms with Crippen molar-refractivity contribution in [3.63, 3.8) is 0 Å². The number of rotatable bonds is 5. The van der Waals surface area contributed by atoms with E-state index >= 15 is 0 Å². The molecule has 0 bridgehead atoms. The summed E-state index contributed by atoms with van der Waals surface area (Å²) in [4.78, 5) is 11.8. The number of nitrogens with one attached hydrogen (secondary N) is 1. The Hall–Kier alpha value is -2.20. The van der Waals surface area contributed by atoms with Gasteiger partial charge in [0.15, 0.2) is 6.61 Å². The van der Waals surface area contributed by atoms with Crippen molar-refractivity contribution in [1.29, 1.82) is 0 Å². The van der Waals surface area contributed by atoms with Gasteiger partial charge in [-0.3, -0.25) is 4.79 Å². The number of ether oxygens (including phenoxy) is 2. The Morgan fingerprint density at radius 3 is 2.52 bits per heavy atom. The third kappa shape index (κ3) is 4.39. The Morgan fingerprint density at radius 1 is 1.19 bits per heavy atom. The van der Waals surface area contributed by atoms with Crippen LogP contribution in [0, 0.1) is 6.92 Å². The summed E-state index contributed by atoms with van der Waals surface area (Å²) in [7, 11) is 1.54. The molecule has 0 radical (unpaired) electrons. The molecule has 0 saturated heterocycles. The van der Waals surface area contributed by atoms with Crippen LogP contribution in [0.5, 0.6) is 11.5 Å². The summed E-state index contributed by atoms with van der Waals surface area (Å²) in [6.07, 6.45) is 0. The highest BCUT2D eigenvalue weighted by Gasteiger charge is 2.06. The SMILES string of the molecule is COc1ccc(NC(=O)COc2ccc(C)cc2)cc1Cl. The summed E-state index contributed by atoms with van der Waals surface area (Å²) in [5, 5.41) is 3.15. The average molecular weight is 306 g/mol. The standard InChI is InChI=1S/C16H16ClNO3/c1-11-3-6-13(7-4-11)21-10-16(19)18-12-5-8-15(20-2)14(17)9-12/h3-9H,10H2,1-2H3,(H,18,19). The van der Waals surface area contributed by atoms with Gasteiger partial charge in [0.25, 0.3) is 5.91 Å². The summed E-state index contributed by atoms with van der Waals surface area (Å²) in [6.45, 7) is 1.93. The lowest BCUT2D eigenvalue weighted by Crippen LogP contribution is -2.20. The first kappa shape index (κ1) is 15.2. The molecule has 2 aromatic rings. The van der Waals surface area contributed by atoms with Gasteiger partial charge >= 0.3 is 0 Å². The molecule has 21 heavy (non-hydrogen) atoms. The maximum absolute atomic E-state index is 11.8. The predicted molar refractivity (Wildman–Crippen MR) is 83.3 cm³/mol. The van der Waals surface area contributed by atoms with Crippen molar-refractivity contribution in [3.8, 4) is 11.5 Å². The number of carbonyl (C=O) groups is 1. The molecule has 2 rings (SSSR count). The maximum atomic E-state index is 11.8. The fourth-order valence-corrected chi connectivity index (χ4v) is 1.98. The van der Waals surface area contributed by atoms with Crippen LogP contribution in [0.2, 0.25) is 5.02 Å². The second kappa shape index (κ2) is 6.99. The predicted octanol–water partition coefficient (Wildman–Crippen LogP) is 3.67. The van der Waals surface area contributed by atoms with Crippen LogP contribution in [0.25, 0.3) is 0 Å². The quantitative estimate of drug-likeness (QED) is 0.916. The molecule has 1 amide bonds. The molecule has 0 spiro atoms. The molecule has 0 unspecified atom stereocenters. The molecule has 0 aromatic heterocycles. The maximum Gasteiger partial charge on any atom is 0.262 e. The monoisotopic (exact) mass is 305 g/mol. The Kier molecular flexibility index (Phi) is 5.06. The zero-order valence-corrected chi connectivity index (χ0v) is 12.6. The first-order chi connectivity index (χ1) is 10.1. The normalized spacial score (nSPS) is 10.0. The van der Waals surface area contributed by atoms with Gasteiger partial charge in [0.1, 0.15) is 11.5 Å². The van der Waals surface area contributed by atoms with Gasteiger partial charge in [0, 0.05) is 5.69 Å². The molecular formula is C16H16ClNO3. The van der Waals surface area contributed by atoms with Crippen molar-refractivity contribution in [2.75, 3.05) is 19.0 Å². The zero-order chi connectivity index (χ0) is 15.2. The molecule has 0 saturated carbocycles. The molecule has 2 aromatic carbocycles. The van der Waals surface area contributed by atoms with Crippen molar-refractivity contribution in [2.45, 2.75) is 6.92 Å². The largest absolute Gasteiger partial charge is 0.495 e. The van der Waals surface area contributed by atoms with Crippen molar-refractivity contribution < 1.29 is 14.3 Å². The molecule has 0 aliphatic rings. The summed E-state index contributed by atoms with van der Waals surface area (Å²) in [6, 6.07) is 12.5. The lowest BCUT2D eigenvalue weighted by Gasteiger charge is -2.09. The van der Waals surface area contributed by atoms with Gasteiger partial charge in [-0.25, -0.2) is 0 Å². The van der Waals surface area contributed by atoms with Gasteiger partial charge in [-0.05, 0) is 37.3 Å². The number of hydrogen-bond acceptors (Lipinski definition) is 3. The van der Waals surface area contributed by atoms with E-state index in [9.17, 15) is 4.79 Å². The molecule has 4 nitrogen and oxygen atoms in total. The van der Waals surface area contributed by atoms with Gasteiger partial charge in [-0.1, -0.05) is 29.3 Å². The van der Waals surface area contributed by atoms with E-state index in [4.69, 9.17) is 21.1 Å². The third-order valence-corrected chi connectivity index (χ3v) is 3.12. The fourth-order valence-electron chi connectivity index (χ4n) is 1.72. The van der Waals surface area contributed by atoms with E-state index in [1.54, 1.807) is 18.2 Å². The third-order valence-electron chi connectivity index (χ3n) is 2.83. The van der Waals surface area contributed by atoms with Crippen molar-refractivity contribution in [2.24, 2.45) is 0 Å². The molecule has 5 heteroatoms. The van der Waals surface area contributed by atoms with Gasteiger partial charge in [0.2, 0.25) is 0 Å². The van der Waals surface area contributed by atoms with Crippen molar-refractivity contribution in [1.82, 2.24) is 0 Å². The minimum absolute atomic E-state index is 0.0628. The van der Waals surface area contributed by atoms with Crippen LogP contribution in [0.15, 0.2) is 42.5 Å². The van der Waals surface area contributed by atoms with E-state index in [-0.39, 0.29) is 12.5 Å². The second-order valence-electron chi connectivity index (χ2n) is 4.50. The van der Waals surface area contributed by atoms with Gasteiger partial charge in [-0.15, -0.1) is 0 Å². The molecule has 1 N–H and O–H groups in total. The zero-order valence-electron chi connectivity index (χ0n) is 11.9. The number of hydrogen-bond donors (Lipinski definition) is 1. The Balaban J connectivity index is 1.89. The molecular weight excluding hydrogens is 290 g/mol. The topological polar surface area (TPSA) is 47.6 Å². The molecule has 0 fully saturated rings. The van der Waals surface area contributed by atoms with E-state index in [0.29, 0.717) is 22.2 Å². The van der Waals surface area contributed by atoms with Crippen LogP contribution in [0.3, 0.4) is 0 Å². The summed E-state index contributed by atoms with van der Waals surface area (Å²) in [5.41, 5.74) is 1.73. The number of amides is 1. The number of halogens is 1. The minimum atomic E-state index is -0.253. The lowest BCUT2D eigenvalue weighted by atomic mass is 10.2. The molecule has 0 atom stereocenters. The lowest BCUT2D eigenvalue weighted by molar-refractivity contribution is -0.118. The highest BCUT2D eigenvalue weighted by Crippen LogP contribution is 2.27. The van der Waals surface area contributed by atoms with Gasteiger partial charge in [-0.2, -0.15) is 0 Å². The molecule has 110 valence electrons. The molecule has 0 aliphatic heterocycles. The number of anilines is 1. The van der Waals surface area contributed by atoms with Gasteiger partial charge in [0.05, 0.1) is 12.1 Å². The van der Waals surface area contributed by atoms with Crippen LogP contribution < -0.4 is 14.8 Å². The minimum Gasteiger partial charge on any atom is -0.495 e. The number of aryl methyl sites for hydroxylation is 1. The van der Waals surface area contributed by atoms with E-state index in [0.717, 1.165) is 5.56 Å². The Morgan fingerprint density at radius 2 is 1.90 bits per heavy atom. The van der Waals surface area contributed by atoms with Crippen LogP contribution in [0.4, 0.5) is 5.69 Å². The van der Waals surface area contributed by atoms with Crippen molar-refractivity contribution in [3.05, 3.63) is 53.1 Å². The first-order valence-electron chi connectivity index (χ1n) is 6.41. The average Bonchev–Trinajstić information content (AvgIpc) is 2.47. The number of methoxy groups -OCH3 is 1. The van der Waals surface area contributed by atoms with Crippen LogP contribution in [-0.4, -0.2) is 19.6 Å². The van der Waals surface area contributed by atoms with Crippen molar-refractivity contribution >= 4 is 23.2 Å². The molecule has 0 aliphatic carbocycles. The van der Waals surface area contributed by atoms with E-state index in [2.05, 4.69) is 5.32 Å². The summed E-state index contributed by atoms with van der Waals surface area (Å²) in [5.74, 6) is 0.964. The summed E-state index contributed by atoms with van der Waals surface area (Å²) < 4.78 is 10.5. The highest BCUT2D eigenvalue weighted by atomic mass is 35.5. The van der Waals surface area contributed by atoms with Crippen LogP contribution in [-0.2, 0) is 4.79 Å². The second-order valence-corrected chi connectivity index (χ2v) is 4.91. The Bertz CT molecular complexity index is 626. The molecule has 0 heterocycles. The smallest absolute Gasteiger partial charge is 0.262 e. The van der Waals surface area contributed by atoms with E-state index in [1.807, 2.05) is 31.2 Å². The van der Waals surface area contributed by atoms with E-state index < -0.39 is 0 Å². The number of benzene rings is 2. The Labute approximate surface area is 128 Å². The van der Waals surface area contributed by atoms with Crippen LogP contribution in [0.1, 0.15) is 5.56 Å². The number of carbonyl (C=O) groups excluding carboxylic acids is 1. The highest BCUT2D eigenvalue weighted by molar-refractivity contribution is 6.32.